The van der Waals surface area contributed by atoms with Gasteiger partial charge in [0.25, 0.3) is 0 Å². The van der Waals surface area contributed by atoms with E-state index in [4.69, 9.17) is 16.3 Å². The molecule has 1 aliphatic rings. The fraction of sp³-hybridized carbons (Fsp3) is 0.846. The zero-order valence-electron chi connectivity index (χ0n) is 11.9. The van der Waals surface area contributed by atoms with Gasteiger partial charge in [0.1, 0.15) is 6.61 Å². The van der Waals surface area contributed by atoms with Gasteiger partial charge in [-0.05, 0) is 26.7 Å². The van der Waals surface area contributed by atoms with Crippen LogP contribution in [0.15, 0.2) is 0 Å². The maximum atomic E-state index is 12.2. The van der Waals surface area contributed by atoms with Gasteiger partial charge < -0.3 is 15.0 Å². The monoisotopic (exact) mass is 290 g/mol. The van der Waals surface area contributed by atoms with Gasteiger partial charge in [-0.25, -0.2) is 0 Å². The number of ether oxygens (including phenoxy) is 1. The van der Waals surface area contributed by atoms with Gasteiger partial charge in [-0.1, -0.05) is 0 Å². The molecule has 1 heterocycles. The van der Waals surface area contributed by atoms with Crippen molar-refractivity contribution in [3.05, 3.63) is 0 Å². The van der Waals surface area contributed by atoms with Crippen molar-refractivity contribution < 1.29 is 14.3 Å². The Balaban J connectivity index is 2.41. The summed E-state index contributed by atoms with van der Waals surface area (Å²) in [5.74, 6) is 0.300. The SMILES string of the molecule is COCC(=O)NC1CCN(C(=O)C(C)(C)CCl)CC1. The number of piperidine rings is 1. The molecule has 0 unspecified atom stereocenters. The first-order valence-electron chi connectivity index (χ1n) is 6.54. The van der Waals surface area contributed by atoms with Crippen LogP contribution in [0.4, 0.5) is 0 Å². The zero-order valence-corrected chi connectivity index (χ0v) is 12.6. The van der Waals surface area contributed by atoms with Crippen LogP contribution in [0.3, 0.4) is 0 Å². The number of nitrogens with one attached hydrogen (secondary N) is 1. The number of carbonyl (C=O) groups is 2. The Morgan fingerprint density at radius 1 is 1.37 bits per heavy atom. The van der Waals surface area contributed by atoms with Crippen molar-refractivity contribution in [1.29, 1.82) is 0 Å². The van der Waals surface area contributed by atoms with E-state index in [-0.39, 0.29) is 24.5 Å². The molecular weight excluding hydrogens is 268 g/mol. The van der Waals surface area contributed by atoms with Gasteiger partial charge in [0.2, 0.25) is 11.8 Å². The van der Waals surface area contributed by atoms with Crippen molar-refractivity contribution in [2.24, 2.45) is 5.41 Å². The van der Waals surface area contributed by atoms with E-state index >= 15 is 0 Å². The molecule has 0 bridgehead atoms. The number of carbonyl (C=O) groups excluding carboxylic acids is 2. The standard InChI is InChI=1S/C13H23ClN2O3/c1-13(2,9-14)12(18)16-6-4-10(5-7-16)15-11(17)8-19-3/h10H,4-9H2,1-3H3,(H,15,17). The first-order valence-corrected chi connectivity index (χ1v) is 7.08. The highest BCUT2D eigenvalue weighted by Crippen LogP contribution is 2.23. The molecule has 0 radical (unpaired) electrons. The zero-order chi connectivity index (χ0) is 14.5. The summed E-state index contributed by atoms with van der Waals surface area (Å²) in [5, 5.41) is 2.90. The molecule has 0 aromatic carbocycles. The molecule has 1 aliphatic heterocycles. The normalized spacial score (nSPS) is 17.4. The Kier molecular flexibility index (Phi) is 6.07. The van der Waals surface area contributed by atoms with Crippen molar-refractivity contribution in [3.8, 4) is 0 Å². The number of hydrogen-bond acceptors (Lipinski definition) is 3. The smallest absolute Gasteiger partial charge is 0.246 e. The first kappa shape index (κ1) is 16.2. The van der Waals surface area contributed by atoms with E-state index in [1.807, 2.05) is 18.7 Å². The molecule has 0 aromatic heterocycles. The van der Waals surface area contributed by atoms with Crippen LogP contribution in [0.1, 0.15) is 26.7 Å². The molecule has 1 fully saturated rings. The molecule has 2 amide bonds. The number of amides is 2. The van der Waals surface area contributed by atoms with Crippen molar-refractivity contribution in [2.75, 3.05) is 32.7 Å². The lowest BCUT2D eigenvalue weighted by atomic mass is 9.92. The topological polar surface area (TPSA) is 58.6 Å². The molecular formula is C13H23ClN2O3. The summed E-state index contributed by atoms with van der Waals surface area (Å²) < 4.78 is 4.77. The summed E-state index contributed by atoms with van der Waals surface area (Å²) in [7, 11) is 1.50. The maximum absolute atomic E-state index is 12.2. The highest BCUT2D eigenvalue weighted by Gasteiger charge is 2.33. The lowest BCUT2D eigenvalue weighted by Crippen LogP contribution is -2.50. The minimum Gasteiger partial charge on any atom is -0.375 e. The Hall–Kier alpha value is -0.810. The second-order valence-electron chi connectivity index (χ2n) is 5.58. The van der Waals surface area contributed by atoms with Crippen molar-refractivity contribution in [1.82, 2.24) is 10.2 Å². The number of halogens is 1. The average molecular weight is 291 g/mol. The average Bonchev–Trinajstić information content (AvgIpc) is 2.39. The van der Waals surface area contributed by atoms with Crippen LogP contribution in [0.5, 0.6) is 0 Å². The Morgan fingerprint density at radius 3 is 2.42 bits per heavy atom. The number of nitrogens with zero attached hydrogens (tertiary/aromatic N) is 1. The summed E-state index contributed by atoms with van der Waals surface area (Å²) in [6, 6.07) is 0.130. The predicted molar refractivity (Wildman–Crippen MR) is 74.1 cm³/mol. The molecule has 110 valence electrons. The van der Waals surface area contributed by atoms with Gasteiger partial charge in [0, 0.05) is 32.1 Å². The van der Waals surface area contributed by atoms with Crippen molar-refractivity contribution in [3.63, 3.8) is 0 Å². The van der Waals surface area contributed by atoms with Gasteiger partial charge in [0.05, 0.1) is 5.41 Å². The van der Waals surface area contributed by atoms with Crippen LogP contribution in [0, 0.1) is 5.41 Å². The number of methoxy groups -OCH3 is 1. The third-order valence-electron chi connectivity index (χ3n) is 3.34. The number of alkyl halides is 1. The van der Waals surface area contributed by atoms with E-state index in [0.29, 0.717) is 19.0 Å². The first-order chi connectivity index (χ1) is 8.90. The lowest BCUT2D eigenvalue weighted by Gasteiger charge is -2.36. The van der Waals surface area contributed by atoms with Gasteiger partial charge >= 0.3 is 0 Å². The van der Waals surface area contributed by atoms with E-state index in [1.54, 1.807) is 0 Å². The molecule has 1 N–H and O–H groups in total. The summed E-state index contributed by atoms with van der Waals surface area (Å²) >= 11 is 5.82. The lowest BCUT2D eigenvalue weighted by molar-refractivity contribution is -0.140. The second-order valence-corrected chi connectivity index (χ2v) is 5.85. The van der Waals surface area contributed by atoms with Gasteiger partial charge in [0.15, 0.2) is 0 Å². The van der Waals surface area contributed by atoms with Crippen molar-refractivity contribution >= 4 is 23.4 Å². The molecule has 1 rings (SSSR count). The molecule has 0 aliphatic carbocycles. The third kappa shape index (κ3) is 4.66. The number of rotatable bonds is 5. The van der Waals surface area contributed by atoms with Crippen LogP contribution in [-0.4, -0.2) is 55.4 Å². The largest absolute Gasteiger partial charge is 0.375 e. The molecule has 5 nitrogen and oxygen atoms in total. The molecule has 1 saturated heterocycles. The van der Waals surface area contributed by atoms with Gasteiger partial charge in [-0.2, -0.15) is 0 Å². The van der Waals surface area contributed by atoms with Gasteiger partial charge in [-0.3, -0.25) is 9.59 Å². The summed E-state index contributed by atoms with van der Waals surface area (Å²) in [6.45, 7) is 5.12. The van der Waals surface area contributed by atoms with Crippen molar-refractivity contribution in [2.45, 2.75) is 32.7 Å². The van der Waals surface area contributed by atoms with E-state index in [0.717, 1.165) is 12.8 Å². The second kappa shape index (κ2) is 7.10. The van der Waals surface area contributed by atoms with E-state index in [2.05, 4.69) is 5.32 Å². The maximum Gasteiger partial charge on any atom is 0.246 e. The molecule has 6 heteroatoms. The van der Waals surface area contributed by atoms with Crippen LogP contribution in [0.25, 0.3) is 0 Å². The minimum absolute atomic E-state index is 0.0818. The molecule has 0 saturated carbocycles. The summed E-state index contributed by atoms with van der Waals surface area (Å²) in [6.07, 6.45) is 1.55. The minimum atomic E-state index is -0.520. The highest BCUT2D eigenvalue weighted by molar-refractivity contribution is 6.19. The van der Waals surface area contributed by atoms with E-state index in [9.17, 15) is 9.59 Å². The predicted octanol–water partition coefficient (Wildman–Crippen LogP) is 1.01. The molecule has 0 aromatic rings. The van der Waals surface area contributed by atoms with Crippen LogP contribution < -0.4 is 5.32 Å². The third-order valence-corrected chi connectivity index (χ3v) is 4.00. The fourth-order valence-electron chi connectivity index (χ4n) is 2.11. The molecule has 0 spiro atoms. The Morgan fingerprint density at radius 2 is 1.95 bits per heavy atom. The van der Waals surface area contributed by atoms with E-state index < -0.39 is 5.41 Å². The quantitative estimate of drug-likeness (QED) is 0.769. The van der Waals surface area contributed by atoms with Crippen LogP contribution in [0.2, 0.25) is 0 Å². The Labute approximate surface area is 119 Å². The summed E-state index contributed by atoms with van der Waals surface area (Å²) in [4.78, 5) is 25.4. The summed E-state index contributed by atoms with van der Waals surface area (Å²) in [5.41, 5.74) is -0.520. The highest BCUT2D eigenvalue weighted by atomic mass is 35.5. The van der Waals surface area contributed by atoms with Crippen LogP contribution >= 0.6 is 11.6 Å². The van der Waals surface area contributed by atoms with E-state index in [1.165, 1.54) is 7.11 Å². The fourth-order valence-corrected chi connectivity index (χ4v) is 2.23. The molecule has 0 atom stereocenters. The number of likely N-dealkylation sites (tertiary alicyclic amines) is 1. The van der Waals surface area contributed by atoms with Crippen LogP contribution in [-0.2, 0) is 14.3 Å². The molecule has 19 heavy (non-hydrogen) atoms. The Bertz CT molecular complexity index is 326. The number of hydrogen-bond donors (Lipinski definition) is 1. The van der Waals surface area contributed by atoms with Gasteiger partial charge in [-0.15, -0.1) is 11.6 Å².